The van der Waals surface area contributed by atoms with Crippen molar-refractivity contribution in [2.75, 3.05) is 12.3 Å². The van der Waals surface area contributed by atoms with E-state index >= 15 is 0 Å². The van der Waals surface area contributed by atoms with Crippen molar-refractivity contribution in [1.29, 1.82) is 0 Å². The van der Waals surface area contributed by atoms with E-state index in [1.807, 2.05) is 31.2 Å². The van der Waals surface area contributed by atoms with Gasteiger partial charge in [-0.2, -0.15) is 0 Å². The van der Waals surface area contributed by atoms with E-state index in [4.69, 9.17) is 10.5 Å². The maximum Gasteiger partial charge on any atom is 0.201 e. The molecule has 0 saturated heterocycles. The molecular formula is C19H22BrN3O. The molecule has 0 atom stereocenters. The third-order valence-corrected chi connectivity index (χ3v) is 4.87. The summed E-state index contributed by atoms with van der Waals surface area (Å²) in [5.74, 6) is 1.41. The first-order chi connectivity index (χ1) is 11.7. The van der Waals surface area contributed by atoms with Crippen molar-refractivity contribution in [3.63, 3.8) is 0 Å². The molecule has 0 radical (unpaired) electrons. The van der Waals surface area contributed by atoms with Crippen LogP contribution in [0.4, 0.5) is 5.95 Å². The summed E-state index contributed by atoms with van der Waals surface area (Å²) in [4.78, 5) is 4.46. The molecule has 2 aromatic carbocycles. The van der Waals surface area contributed by atoms with Crippen LogP contribution in [0.2, 0.25) is 0 Å². The lowest BCUT2D eigenvalue weighted by atomic mass is 10.1. The van der Waals surface area contributed by atoms with Crippen LogP contribution in [0.25, 0.3) is 11.0 Å². The van der Waals surface area contributed by atoms with Gasteiger partial charge in [0.05, 0.1) is 17.6 Å². The molecule has 0 aliphatic heterocycles. The van der Waals surface area contributed by atoms with Gasteiger partial charge < -0.3 is 15.0 Å². The third-order valence-electron chi connectivity index (χ3n) is 4.10. The zero-order valence-electron chi connectivity index (χ0n) is 13.8. The highest BCUT2D eigenvalue weighted by Crippen LogP contribution is 2.24. The predicted octanol–water partition coefficient (Wildman–Crippen LogP) is 4.80. The van der Waals surface area contributed by atoms with Crippen LogP contribution in [0.15, 0.2) is 46.9 Å². The smallest absolute Gasteiger partial charge is 0.201 e. The zero-order chi connectivity index (χ0) is 16.9. The van der Waals surface area contributed by atoms with Crippen molar-refractivity contribution in [1.82, 2.24) is 9.55 Å². The van der Waals surface area contributed by atoms with Crippen LogP contribution in [0.1, 0.15) is 25.3 Å². The molecular weight excluding hydrogens is 366 g/mol. The van der Waals surface area contributed by atoms with Crippen LogP contribution >= 0.6 is 15.9 Å². The van der Waals surface area contributed by atoms with Crippen molar-refractivity contribution < 1.29 is 4.74 Å². The minimum Gasteiger partial charge on any atom is -0.494 e. The maximum absolute atomic E-state index is 6.10. The molecule has 0 fully saturated rings. The zero-order valence-corrected chi connectivity index (χ0v) is 15.4. The van der Waals surface area contributed by atoms with Crippen LogP contribution in [-0.4, -0.2) is 16.2 Å². The maximum atomic E-state index is 6.10. The number of halogens is 1. The van der Waals surface area contributed by atoms with Crippen molar-refractivity contribution >= 4 is 32.9 Å². The number of ether oxygens (including phenoxy) is 1. The number of imidazole rings is 1. The molecule has 1 aromatic heterocycles. The first-order valence-corrected chi connectivity index (χ1v) is 9.10. The van der Waals surface area contributed by atoms with E-state index in [1.165, 1.54) is 10.0 Å². The number of aromatic nitrogens is 2. The number of hydrogen-bond donors (Lipinski definition) is 1. The van der Waals surface area contributed by atoms with Gasteiger partial charge in [0.2, 0.25) is 5.95 Å². The Bertz CT molecular complexity index is 829. The monoisotopic (exact) mass is 387 g/mol. The van der Waals surface area contributed by atoms with E-state index in [1.54, 1.807) is 0 Å². The largest absolute Gasteiger partial charge is 0.494 e. The molecule has 0 amide bonds. The predicted molar refractivity (Wildman–Crippen MR) is 102 cm³/mol. The Kier molecular flexibility index (Phi) is 5.41. The molecule has 2 N–H and O–H groups in total. The van der Waals surface area contributed by atoms with E-state index in [0.717, 1.165) is 42.6 Å². The fraction of sp³-hybridized carbons (Fsp3) is 0.316. The Morgan fingerprint density at radius 2 is 2.00 bits per heavy atom. The third kappa shape index (κ3) is 3.73. The molecule has 126 valence electrons. The number of anilines is 1. The summed E-state index contributed by atoms with van der Waals surface area (Å²) in [6.45, 7) is 3.50. The van der Waals surface area contributed by atoms with Crippen molar-refractivity contribution in [3.8, 4) is 5.75 Å². The van der Waals surface area contributed by atoms with Crippen molar-refractivity contribution in [3.05, 3.63) is 52.5 Å². The molecule has 4 nitrogen and oxygen atoms in total. The standard InChI is InChI=1S/C19H22BrN3O/c1-2-24-15-10-11-18-17(13-15)22-19(21)23(18)12-6-5-8-14-7-3-4-9-16(14)20/h3-4,7,9-11,13H,2,5-6,8,12H2,1H3,(H2,21,22). The normalized spacial score (nSPS) is 11.1. The minimum atomic E-state index is 0.569. The number of unbranched alkanes of at least 4 members (excludes halogenated alkanes) is 1. The van der Waals surface area contributed by atoms with Crippen LogP contribution < -0.4 is 10.5 Å². The quantitative estimate of drug-likeness (QED) is 0.592. The molecule has 24 heavy (non-hydrogen) atoms. The van der Waals surface area contributed by atoms with Gasteiger partial charge in [-0.25, -0.2) is 4.98 Å². The van der Waals surface area contributed by atoms with Gasteiger partial charge in [0.15, 0.2) is 0 Å². The van der Waals surface area contributed by atoms with E-state index in [0.29, 0.717) is 12.6 Å². The van der Waals surface area contributed by atoms with Gasteiger partial charge in [0.25, 0.3) is 0 Å². The highest BCUT2D eigenvalue weighted by Gasteiger charge is 2.09. The second-order valence-corrected chi connectivity index (χ2v) is 6.61. The molecule has 0 bridgehead atoms. The van der Waals surface area contributed by atoms with Crippen LogP contribution in [0, 0.1) is 0 Å². The Hall–Kier alpha value is -2.01. The number of nitrogens with two attached hydrogens (primary N) is 1. The van der Waals surface area contributed by atoms with E-state index < -0.39 is 0 Å². The molecule has 0 unspecified atom stereocenters. The first kappa shape index (κ1) is 16.8. The number of nitrogens with zero attached hydrogens (tertiary/aromatic N) is 2. The number of fused-ring (bicyclic) bond motifs is 1. The summed E-state index contributed by atoms with van der Waals surface area (Å²) in [5.41, 5.74) is 9.41. The number of rotatable bonds is 7. The van der Waals surface area contributed by atoms with Crippen molar-refractivity contribution in [2.45, 2.75) is 32.7 Å². The second kappa shape index (κ2) is 7.71. The summed E-state index contributed by atoms with van der Waals surface area (Å²) in [6, 6.07) is 14.3. The minimum absolute atomic E-state index is 0.569. The molecule has 0 aliphatic carbocycles. The highest BCUT2D eigenvalue weighted by molar-refractivity contribution is 9.10. The molecule has 3 aromatic rings. The summed E-state index contributed by atoms with van der Waals surface area (Å²) in [5, 5.41) is 0. The molecule has 1 heterocycles. The van der Waals surface area contributed by atoms with Crippen LogP contribution in [-0.2, 0) is 13.0 Å². The first-order valence-electron chi connectivity index (χ1n) is 8.31. The van der Waals surface area contributed by atoms with Gasteiger partial charge in [-0.15, -0.1) is 0 Å². The van der Waals surface area contributed by atoms with Crippen molar-refractivity contribution in [2.24, 2.45) is 0 Å². The van der Waals surface area contributed by atoms with Gasteiger partial charge in [-0.3, -0.25) is 0 Å². The van der Waals surface area contributed by atoms with Crippen LogP contribution in [0.3, 0.4) is 0 Å². The lowest BCUT2D eigenvalue weighted by molar-refractivity contribution is 0.340. The van der Waals surface area contributed by atoms with Gasteiger partial charge in [-0.1, -0.05) is 34.1 Å². The van der Waals surface area contributed by atoms with Gasteiger partial charge in [-0.05, 0) is 49.9 Å². The Labute approximate surface area is 150 Å². The molecule has 3 rings (SSSR count). The Morgan fingerprint density at radius 3 is 2.79 bits per heavy atom. The average molecular weight is 388 g/mol. The summed E-state index contributed by atoms with van der Waals surface area (Å²) >= 11 is 3.60. The average Bonchev–Trinajstić information content (AvgIpc) is 2.88. The number of benzene rings is 2. The molecule has 0 saturated carbocycles. The number of hydrogen-bond acceptors (Lipinski definition) is 3. The van der Waals surface area contributed by atoms with Gasteiger partial charge >= 0.3 is 0 Å². The summed E-state index contributed by atoms with van der Waals surface area (Å²) in [7, 11) is 0. The van der Waals surface area contributed by atoms with Crippen LogP contribution in [0.5, 0.6) is 5.75 Å². The lowest BCUT2D eigenvalue weighted by Gasteiger charge is -2.08. The van der Waals surface area contributed by atoms with E-state index in [9.17, 15) is 0 Å². The lowest BCUT2D eigenvalue weighted by Crippen LogP contribution is -2.04. The Morgan fingerprint density at radius 1 is 1.17 bits per heavy atom. The highest BCUT2D eigenvalue weighted by atomic mass is 79.9. The number of nitrogen functional groups attached to an aromatic ring is 1. The fourth-order valence-electron chi connectivity index (χ4n) is 2.91. The van der Waals surface area contributed by atoms with E-state index in [-0.39, 0.29) is 0 Å². The SMILES string of the molecule is CCOc1ccc2c(c1)nc(N)n2CCCCc1ccccc1Br. The summed E-state index contributed by atoms with van der Waals surface area (Å²) in [6.07, 6.45) is 3.23. The second-order valence-electron chi connectivity index (χ2n) is 5.75. The van der Waals surface area contributed by atoms with Gasteiger partial charge in [0, 0.05) is 17.1 Å². The fourth-order valence-corrected chi connectivity index (χ4v) is 3.39. The van der Waals surface area contributed by atoms with Gasteiger partial charge in [0.1, 0.15) is 5.75 Å². The molecule has 5 heteroatoms. The Balaban J connectivity index is 1.65. The molecule has 0 aliphatic rings. The summed E-state index contributed by atoms with van der Waals surface area (Å²) < 4.78 is 8.80. The topological polar surface area (TPSA) is 53.1 Å². The number of aryl methyl sites for hydroxylation is 2. The van der Waals surface area contributed by atoms with E-state index in [2.05, 4.69) is 43.7 Å². The molecule has 0 spiro atoms.